The minimum Gasteiger partial charge on any atom is -0.378 e. The molecule has 2 aliphatic rings. The number of alkyl halides is 6. The van der Waals surface area contributed by atoms with Crippen molar-refractivity contribution in [2.75, 3.05) is 36.5 Å². The first-order valence-electron chi connectivity index (χ1n) is 14.3. The molecule has 2 aromatic carbocycles. The third-order valence-corrected chi connectivity index (χ3v) is 8.85. The highest BCUT2D eigenvalue weighted by atomic mass is 32.1. The van der Waals surface area contributed by atoms with Crippen LogP contribution in [0.25, 0.3) is 22.0 Å². The molecule has 5 aromatic rings. The summed E-state index contributed by atoms with van der Waals surface area (Å²) >= 11 is 1.10. The van der Waals surface area contributed by atoms with Gasteiger partial charge >= 0.3 is 6.18 Å². The van der Waals surface area contributed by atoms with Gasteiger partial charge in [0.05, 0.1) is 42.9 Å². The van der Waals surface area contributed by atoms with Gasteiger partial charge in [-0.1, -0.05) is 12.1 Å². The number of ether oxygens (including phenoxy) is 1. The van der Waals surface area contributed by atoms with Crippen LogP contribution in [0.3, 0.4) is 0 Å². The van der Waals surface area contributed by atoms with E-state index in [4.69, 9.17) is 4.74 Å². The van der Waals surface area contributed by atoms with Gasteiger partial charge in [0.2, 0.25) is 0 Å². The SMILES string of the molecule is O=C(Nc1nccs1)C(c1ncn2c1C[C@@H](F)C2)n1cc2c(C(F)(F)F)cc(-c3ccc(N4CCOCC4)cc3)c(C(F)F)c2n1. The molecule has 0 bridgehead atoms. The van der Waals surface area contributed by atoms with Gasteiger partial charge in [-0.05, 0) is 29.3 Å². The number of thiazole rings is 1. The number of carbonyl (C=O) groups is 1. The van der Waals surface area contributed by atoms with E-state index in [0.29, 0.717) is 38.1 Å². The molecule has 240 valence electrons. The van der Waals surface area contributed by atoms with Crippen LogP contribution in [-0.4, -0.2) is 62.7 Å². The van der Waals surface area contributed by atoms with Crippen molar-refractivity contribution >= 4 is 39.0 Å². The first kappa shape index (κ1) is 30.2. The summed E-state index contributed by atoms with van der Waals surface area (Å²) in [6.07, 6.45) is -5.80. The molecule has 9 nitrogen and oxygen atoms in total. The molecule has 46 heavy (non-hydrogen) atoms. The minimum atomic E-state index is -4.95. The Hall–Kier alpha value is -4.44. The first-order valence-corrected chi connectivity index (χ1v) is 15.2. The highest BCUT2D eigenvalue weighted by Gasteiger charge is 2.39. The van der Waals surface area contributed by atoms with Crippen LogP contribution in [0, 0.1) is 0 Å². The molecule has 1 fully saturated rings. The van der Waals surface area contributed by atoms with E-state index in [-0.39, 0.29) is 34.9 Å². The van der Waals surface area contributed by atoms with Crippen molar-refractivity contribution in [2.24, 2.45) is 0 Å². The fraction of sp³-hybridized carbons (Fsp3) is 0.333. The number of amides is 1. The Balaban J connectivity index is 1.39. The van der Waals surface area contributed by atoms with Crippen molar-refractivity contribution in [2.45, 2.75) is 37.8 Å². The van der Waals surface area contributed by atoms with Gasteiger partial charge < -0.3 is 14.2 Å². The Kier molecular flexibility index (Phi) is 7.71. The van der Waals surface area contributed by atoms with Crippen LogP contribution in [0.4, 0.5) is 37.2 Å². The molecule has 1 saturated heterocycles. The van der Waals surface area contributed by atoms with Crippen LogP contribution >= 0.6 is 11.3 Å². The Bertz CT molecular complexity index is 1880. The number of benzene rings is 2. The molecule has 7 rings (SSSR count). The first-order chi connectivity index (χ1) is 22.1. The number of hydrogen-bond donors (Lipinski definition) is 1. The fourth-order valence-electron chi connectivity index (χ4n) is 6.06. The van der Waals surface area contributed by atoms with Crippen molar-refractivity contribution in [1.82, 2.24) is 24.3 Å². The summed E-state index contributed by atoms with van der Waals surface area (Å²) in [5.41, 5.74) is -1.51. The maximum Gasteiger partial charge on any atom is 0.417 e. The molecule has 0 aliphatic carbocycles. The van der Waals surface area contributed by atoms with Crippen LogP contribution in [0.5, 0.6) is 0 Å². The van der Waals surface area contributed by atoms with Crippen molar-refractivity contribution in [3.8, 4) is 11.1 Å². The predicted molar refractivity (Wildman–Crippen MR) is 158 cm³/mol. The number of nitrogens with zero attached hydrogens (tertiary/aromatic N) is 6. The van der Waals surface area contributed by atoms with Crippen molar-refractivity contribution in [3.05, 3.63) is 76.9 Å². The zero-order chi connectivity index (χ0) is 32.2. The molecule has 0 radical (unpaired) electrons. The van der Waals surface area contributed by atoms with E-state index in [9.17, 15) is 31.1 Å². The zero-order valence-corrected chi connectivity index (χ0v) is 24.7. The number of morpholine rings is 1. The molecule has 1 unspecified atom stereocenters. The molecular weight excluding hydrogens is 636 g/mol. The predicted octanol–water partition coefficient (Wildman–Crippen LogP) is 6.27. The topological polar surface area (TPSA) is 90.1 Å². The number of anilines is 2. The minimum absolute atomic E-state index is 0.00826. The van der Waals surface area contributed by atoms with E-state index in [1.165, 1.54) is 29.2 Å². The van der Waals surface area contributed by atoms with Crippen LogP contribution in [0.1, 0.15) is 35.0 Å². The van der Waals surface area contributed by atoms with Crippen molar-refractivity contribution in [3.63, 3.8) is 0 Å². The van der Waals surface area contributed by atoms with Crippen molar-refractivity contribution in [1.29, 1.82) is 0 Å². The van der Waals surface area contributed by atoms with Gasteiger partial charge in [0.1, 0.15) is 11.7 Å². The maximum absolute atomic E-state index is 14.9. The fourth-order valence-corrected chi connectivity index (χ4v) is 6.59. The van der Waals surface area contributed by atoms with Gasteiger partial charge in [0.25, 0.3) is 12.3 Å². The molecule has 3 aromatic heterocycles. The summed E-state index contributed by atoms with van der Waals surface area (Å²) in [5.74, 6) is -0.780. The average Bonchev–Trinajstić information content (AvgIpc) is 3.83. The Morgan fingerprint density at radius 3 is 2.54 bits per heavy atom. The summed E-state index contributed by atoms with van der Waals surface area (Å²) < 4.78 is 95.6. The van der Waals surface area contributed by atoms with Gasteiger partial charge in [-0.2, -0.15) is 18.3 Å². The molecule has 1 amide bonds. The lowest BCUT2D eigenvalue weighted by atomic mass is 9.94. The maximum atomic E-state index is 14.9. The zero-order valence-electron chi connectivity index (χ0n) is 23.8. The number of imidazole rings is 1. The largest absolute Gasteiger partial charge is 0.417 e. The van der Waals surface area contributed by atoms with Crippen LogP contribution < -0.4 is 10.2 Å². The molecule has 5 heterocycles. The summed E-state index contributed by atoms with van der Waals surface area (Å²) in [4.78, 5) is 24.0. The lowest BCUT2D eigenvalue weighted by molar-refractivity contribution is -0.136. The summed E-state index contributed by atoms with van der Waals surface area (Å²) in [6.45, 7) is 2.26. The van der Waals surface area contributed by atoms with Gasteiger partial charge in [-0.15, -0.1) is 11.3 Å². The molecular formula is C30H25F6N7O2S. The second-order valence-corrected chi connectivity index (χ2v) is 11.9. The highest BCUT2D eigenvalue weighted by Crippen LogP contribution is 2.44. The van der Waals surface area contributed by atoms with Gasteiger partial charge in [0, 0.05) is 54.1 Å². The summed E-state index contributed by atoms with van der Waals surface area (Å²) in [5, 5.41) is 8.01. The van der Waals surface area contributed by atoms with E-state index in [0.717, 1.165) is 27.9 Å². The normalized spacial score (nSPS) is 17.5. The molecule has 0 spiro atoms. The molecule has 1 N–H and O–H groups in total. The van der Waals surface area contributed by atoms with Gasteiger partial charge in [0.15, 0.2) is 11.2 Å². The Morgan fingerprint density at radius 1 is 1.11 bits per heavy atom. The Labute approximate surface area is 261 Å². The number of hydrogen-bond acceptors (Lipinski definition) is 7. The smallest absolute Gasteiger partial charge is 0.378 e. The number of aromatic nitrogens is 5. The van der Waals surface area contributed by atoms with E-state index >= 15 is 0 Å². The molecule has 16 heteroatoms. The second-order valence-electron chi connectivity index (χ2n) is 11.0. The van der Waals surface area contributed by atoms with Crippen LogP contribution in [0.2, 0.25) is 0 Å². The lowest BCUT2D eigenvalue weighted by Gasteiger charge is -2.29. The van der Waals surface area contributed by atoms with E-state index in [2.05, 4.69) is 20.4 Å². The lowest BCUT2D eigenvalue weighted by Crippen LogP contribution is -2.36. The molecule has 2 atom stereocenters. The van der Waals surface area contributed by atoms with E-state index in [1.54, 1.807) is 17.5 Å². The third-order valence-electron chi connectivity index (χ3n) is 8.16. The van der Waals surface area contributed by atoms with E-state index < -0.39 is 52.8 Å². The van der Waals surface area contributed by atoms with Crippen LogP contribution in [0.15, 0.2) is 54.4 Å². The standard InChI is InChI=1S/C30H25F6N7O2S/c31-17-11-22-25(38-15-42(22)13-17)26(28(44)39-29-37-5-10-46-29)43-14-20-21(30(34,35)36)12-19(23(27(32)33)24(20)40-43)16-1-3-18(4-2-16)41-6-8-45-9-7-41/h1-5,10,12,14-15,17,26-27H,6-9,11,13H2,(H,37,39,44)/t17-,26?/m1/s1. The average molecular weight is 662 g/mol. The summed E-state index contributed by atoms with van der Waals surface area (Å²) in [7, 11) is 0. The number of fused-ring (bicyclic) bond motifs is 2. The quantitative estimate of drug-likeness (QED) is 0.207. The molecule has 0 saturated carbocycles. The highest BCUT2D eigenvalue weighted by molar-refractivity contribution is 7.13. The summed E-state index contributed by atoms with van der Waals surface area (Å²) in [6, 6.07) is 5.53. The number of nitrogens with one attached hydrogen (secondary N) is 1. The van der Waals surface area contributed by atoms with Crippen LogP contribution in [-0.2, 0) is 28.7 Å². The third kappa shape index (κ3) is 5.48. The van der Waals surface area contributed by atoms with Gasteiger partial charge in [-0.3, -0.25) is 14.8 Å². The monoisotopic (exact) mass is 661 g/mol. The number of halogens is 6. The van der Waals surface area contributed by atoms with Crippen molar-refractivity contribution < 1.29 is 35.9 Å². The van der Waals surface area contributed by atoms with Gasteiger partial charge in [-0.25, -0.2) is 23.1 Å². The Morgan fingerprint density at radius 2 is 1.87 bits per heavy atom. The van der Waals surface area contributed by atoms with E-state index in [1.807, 2.05) is 4.90 Å². The number of carbonyl (C=O) groups excluding carboxylic acids is 1. The number of rotatable bonds is 7. The molecule has 2 aliphatic heterocycles. The second kappa shape index (κ2) is 11.7.